The minimum Gasteiger partial charge on any atom is -0.507 e. The molecule has 1 fully saturated rings. The van der Waals surface area contributed by atoms with Gasteiger partial charge in [0.15, 0.2) is 0 Å². The molecule has 2 amide bonds. The molecule has 0 aromatic heterocycles. The summed E-state index contributed by atoms with van der Waals surface area (Å²) in [6.07, 6.45) is 4.50. The minimum atomic E-state index is -0.866. The summed E-state index contributed by atoms with van der Waals surface area (Å²) in [5.74, 6) is -3.17. The van der Waals surface area contributed by atoms with E-state index < -0.39 is 23.4 Å². The van der Waals surface area contributed by atoms with Crippen LogP contribution in [0.5, 0.6) is 5.75 Å². The number of likely N-dealkylation sites (tertiary alicyclic amines) is 1. The van der Waals surface area contributed by atoms with Gasteiger partial charge in [0, 0.05) is 42.5 Å². The molecule has 1 aliphatic rings. The minimum absolute atomic E-state index is 0.0844. The number of nitrogens with one attached hydrogen (secondary N) is 2. The Bertz CT molecular complexity index is 931. The van der Waals surface area contributed by atoms with Crippen LogP contribution in [0.2, 0.25) is 0 Å². The predicted molar refractivity (Wildman–Crippen MR) is 114 cm³/mol. The predicted octanol–water partition coefficient (Wildman–Crippen LogP) is 3.92. The van der Waals surface area contributed by atoms with E-state index in [4.69, 9.17) is 0 Å². The summed E-state index contributed by atoms with van der Waals surface area (Å²) < 4.78 is 26.6. The van der Waals surface area contributed by atoms with E-state index >= 15 is 0 Å². The van der Waals surface area contributed by atoms with Crippen molar-refractivity contribution in [1.82, 2.24) is 10.2 Å². The van der Waals surface area contributed by atoms with E-state index in [9.17, 15) is 23.5 Å². The van der Waals surface area contributed by atoms with Crippen molar-refractivity contribution < 1.29 is 23.5 Å². The van der Waals surface area contributed by atoms with Crippen LogP contribution < -0.4 is 10.6 Å². The van der Waals surface area contributed by atoms with Crippen LogP contribution in [-0.2, 0) is 0 Å². The van der Waals surface area contributed by atoms with Crippen molar-refractivity contribution in [2.75, 3.05) is 25.0 Å². The molecule has 1 unspecified atom stereocenters. The van der Waals surface area contributed by atoms with Crippen LogP contribution in [0.4, 0.5) is 14.5 Å². The number of carbonyl (C=O) groups excluding carboxylic acids is 2. The Labute approximate surface area is 180 Å². The number of aromatic hydroxyl groups is 1. The van der Waals surface area contributed by atoms with Crippen molar-refractivity contribution >= 4 is 17.5 Å². The zero-order valence-corrected chi connectivity index (χ0v) is 17.5. The molecule has 2 aromatic rings. The lowest BCUT2D eigenvalue weighted by atomic mass is 10.0. The van der Waals surface area contributed by atoms with E-state index in [1.54, 1.807) is 0 Å². The summed E-state index contributed by atoms with van der Waals surface area (Å²) in [7, 11) is 0. The first-order valence-electron chi connectivity index (χ1n) is 10.5. The topological polar surface area (TPSA) is 81.7 Å². The van der Waals surface area contributed by atoms with Gasteiger partial charge in [-0.15, -0.1) is 0 Å². The Hall–Kier alpha value is -3.00. The third kappa shape index (κ3) is 6.24. The molecule has 1 heterocycles. The lowest BCUT2D eigenvalue weighted by molar-refractivity contribution is 0.0945. The Morgan fingerprint density at radius 2 is 1.84 bits per heavy atom. The molecule has 0 radical (unpaired) electrons. The van der Waals surface area contributed by atoms with Crippen molar-refractivity contribution in [1.29, 1.82) is 0 Å². The number of benzene rings is 2. The first kappa shape index (κ1) is 22.7. The molecule has 8 heteroatoms. The quantitative estimate of drug-likeness (QED) is 0.581. The second-order valence-electron chi connectivity index (χ2n) is 7.83. The highest BCUT2D eigenvalue weighted by Crippen LogP contribution is 2.23. The van der Waals surface area contributed by atoms with Crippen molar-refractivity contribution in [2.45, 2.75) is 38.6 Å². The molecule has 0 bridgehead atoms. The van der Waals surface area contributed by atoms with Crippen LogP contribution in [-0.4, -0.2) is 47.5 Å². The van der Waals surface area contributed by atoms with E-state index in [2.05, 4.69) is 22.5 Å². The summed E-state index contributed by atoms with van der Waals surface area (Å²) in [4.78, 5) is 26.9. The van der Waals surface area contributed by atoms with Crippen molar-refractivity contribution in [2.24, 2.45) is 0 Å². The number of hydrogen-bond donors (Lipinski definition) is 3. The number of halogens is 2. The van der Waals surface area contributed by atoms with Crippen molar-refractivity contribution in [3.8, 4) is 5.75 Å². The molecule has 1 saturated heterocycles. The van der Waals surface area contributed by atoms with Gasteiger partial charge in [-0.05, 0) is 57.0 Å². The zero-order valence-electron chi connectivity index (χ0n) is 17.5. The Morgan fingerprint density at radius 1 is 1.10 bits per heavy atom. The van der Waals surface area contributed by atoms with E-state index in [0.29, 0.717) is 18.7 Å². The van der Waals surface area contributed by atoms with Gasteiger partial charge in [0.05, 0.1) is 5.56 Å². The number of anilines is 1. The number of carbonyl (C=O) groups is 2. The molecular formula is C23H27F2N3O3. The highest BCUT2D eigenvalue weighted by molar-refractivity contribution is 6.05. The van der Waals surface area contributed by atoms with Gasteiger partial charge in [-0.3, -0.25) is 9.59 Å². The van der Waals surface area contributed by atoms with Crippen LogP contribution in [0.1, 0.15) is 53.3 Å². The standard InChI is InChI=1S/C23H27F2N3O3/c1-15-5-2-3-9-28(15)10-4-8-26-23(31)20-7-6-19(14-21(20)29)27-22(30)16-11-17(24)13-18(25)12-16/h6-7,11-15,29H,2-5,8-10H2,1H3,(H,26,31)(H,27,30). The van der Waals surface area contributed by atoms with E-state index in [-0.39, 0.29) is 22.6 Å². The summed E-state index contributed by atoms with van der Waals surface area (Å²) in [6.45, 7) is 4.72. The number of piperidine rings is 1. The van der Waals surface area contributed by atoms with E-state index in [0.717, 1.165) is 31.6 Å². The molecule has 0 saturated carbocycles. The molecule has 3 N–H and O–H groups in total. The van der Waals surface area contributed by atoms with Gasteiger partial charge in [-0.2, -0.15) is 0 Å². The fourth-order valence-electron chi connectivity index (χ4n) is 3.76. The third-order valence-electron chi connectivity index (χ3n) is 5.47. The van der Waals surface area contributed by atoms with E-state index in [1.807, 2.05) is 0 Å². The molecule has 0 spiro atoms. The molecule has 1 aliphatic heterocycles. The first-order valence-corrected chi connectivity index (χ1v) is 10.5. The Balaban J connectivity index is 1.52. The SMILES string of the molecule is CC1CCCCN1CCCNC(=O)c1ccc(NC(=O)c2cc(F)cc(F)c2)cc1O. The molecule has 166 valence electrons. The average Bonchev–Trinajstić information content (AvgIpc) is 2.71. The second kappa shape index (κ2) is 10.3. The summed E-state index contributed by atoms with van der Waals surface area (Å²) >= 11 is 0. The number of hydrogen-bond acceptors (Lipinski definition) is 4. The van der Waals surface area contributed by atoms with Crippen LogP contribution >= 0.6 is 0 Å². The Kier molecular flexibility index (Phi) is 7.57. The van der Waals surface area contributed by atoms with Crippen LogP contribution in [0, 0.1) is 11.6 Å². The summed E-state index contributed by atoms with van der Waals surface area (Å²) in [6, 6.07) is 7.10. The lowest BCUT2D eigenvalue weighted by Crippen LogP contribution is -2.39. The average molecular weight is 431 g/mol. The normalized spacial score (nSPS) is 16.7. The molecule has 6 nitrogen and oxygen atoms in total. The summed E-state index contributed by atoms with van der Waals surface area (Å²) in [5.41, 5.74) is 0.0887. The lowest BCUT2D eigenvalue weighted by Gasteiger charge is -2.33. The fourth-order valence-corrected chi connectivity index (χ4v) is 3.76. The Morgan fingerprint density at radius 3 is 2.52 bits per heavy atom. The number of amides is 2. The van der Waals surface area contributed by atoms with Crippen LogP contribution in [0.15, 0.2) is 36.4 Å². The molecule has 0 aliphatic carbocycles. The van der Waals surface area contributed by atoms with Crippen LogP contribution in [0.25, 0.3) is 0 Å². The zero-order chi connectivity index (χ0) is 22.4. The largest absolute Gasteiger partial charge is 0.507 e. The molecule has 2 aromatic carbocycles. The van der Waals surface area contributed by atoms with Gasteiger partial charge in [-0.1, -0.05) is 6.42 Å². The van der Waals surface area contributed by atoms with Crippen molar-refractivity contribution in [3.05, 3.63) is 59.2 Å². The molecule has 31 heavy (non-hydrogen) atoms. The van der Waals surface area contributed by atoms with Gasteiger partial charge in [-0.25, -0.2) is 8.78 Å². The third-order valence-corrected chi connectivity index (χ3v) is 5.47. The monoisotopic (exact) mass is 431 g/mol. The first-order chi connectivity index (χ1) is 14.8. The molecule has 3 rings (SSSR count). The highest BCUT2D eigenvalue weighted by Gasteiger charge is 2.18. The van der Waals surface area contributed by atoms with Gasteiger partial charge < -0.3 is 20.6 Å². The number of rotatable bonds is 7. The van der Waals surface area contributed by atoms with Gasteiger partial charge in [0.1, 0.15) is 17.4 Å². The van der Waals surface area contributed by atoms with Crippen LogP contribution in [0.3, 0.4) is 0 Å². The number of phenolic OH excluding ortho intramolecular Hbond substituents is 1. The maximum absolute atomic E-state index is 13.3. The van der Waals surface area contributed by atoms with Gasteiger partial charge in [0.25, 0.3) is 11.8 Å². The fraction of sp³-hybridized carbons (Fsp3) is 0.391. The van der Waals surface area contributed by atoms with Gasteiger partial charge >= 0.3 is 0 Å². The van der Waals surface area contributed by atoms with Crippen molar-refractivity contribution in [3.63, 3.8) is 0 Å². The number of nitrogens with zero attached hydrogens (tertiary/aromatic N) is 1. The smallest absolute Gasteiger partial charge is 0.255 e. The van der Waals surface area contributed by atoms with Gasteiger partial charge in [0.2, 0.25) is 0 Å². The number of phenols is 1. The second-order valence-corrected chi connectivity index (χ2v) is 7.83. The molecule has 1 atom stereocenters. The molecular weight excluding hydrogens is 404 g/mol. The summed E-state index contributed by atoms with van der Waals surface area (Å²) in [5, 5.41) is 15.4. The maximum Gasteiger partial charge on any atom is 0.255 e. The maximum atomic E-state index is 13.3. The van der Waals surface area contributed by atoms with E-state index in [1.165, 1.54) is 37.5 Å². The highest BCUT2D eigenvalue weighted by atomic mass is 19.1.